The van der Waals surface area contributed by atoms with E-state index in [-0.39, 0.29) is 11.2 Å². The minimum Gasteiger partial charge on any atom is -0.382 e. The van der Waals surface area contributed by atoms with Gasteiger partial charge in [0.05, 0.1) is 11.4 Å². The molecule has 0 spiro atoms. The molecule has 0 saturated heterocycles. The zero-order valence-corrected chi connectivity index (χ0v) is 20.8. The first-order valence-corrected chi connectivity index (χ1v) is 11.6. The van der Waals surface area contributed by atoms with Crippen molar-refractivity contribution in [2.45, 2.75) is 33.1 Å². The number of hydrogen-bond donors (Lipinski definition) is 3. The Kier molecular flexibility index (Phi) is 5.82. The third kappa shape index (κ3) is 4.70. The van der Waals surface area contributed by atoms with Gasteiger partial charge in [-0.05, 0) is 55.5 Å². The van der Waals surface area contributed by atoms with E-state index in [9.17, 15) is 9.18 Å². The van der Waals surface area contributed by atoms with Crippen LogP contribution in [0.1, 0.15) is 32.3 Å². The van der Waals surface area contributed by atoms with Crippen LogP contribution in [0.3, 0.4) is 0 Å². The Labute approximate surface area is 212 Å². The normalized spacial score (nSPS) is 11.6. The van der Waals surface area contributed by atoms with Crippen LogP contribution >= 0.6 is 0 Å². The second kappa shape index (κ2) is 9.01. The van der Waals surface area contributed by atoms with Crippen molar-refractivity contribution in [1.29, 1.82) is 0 Å². The van der Waals surface area contributed by atoms with Crippen molar-refractivity contribution in [1.82, 2.24) is 29.3 Å². The maximum atomic E-state index is 13.5. The van der Waals surface area contributed by atoms with Crippen LogP contribution < -0.4 is 16.4 Å². The van der Waals surface area contributed by atoms with Gasteiger partial charge in [0, 0.05) is 22.9 Å². The van der Waals surface area contributed by atoms with E-state index in [1.165, 1.54) is 18.5 Å². The molecular weight excluding hydrogens is 473 g/mol. The molecule has 5 rings (SSSR count). The standard InChI is InChI=1S/C26H26FN9O/c1-15-31-22-23(28)29-14-30-24(22)35(15)18-11-7-17(8-12-18)32-25(37)33-21-13-20(26(2,3)4)34-36(21)19-9-5-16(27)6-10-19/h5-14H,1-4H3,(H2,28,29,30)(H2,32,33,37). The van der Waals surface area contributed by atoms with Gasteiger partial charge in [-0.25, -0.2) is 28.8 Å². The number of rotatable bonds is 4. The number of nitrogen functional groups attached to an aromatic ring is 1. The van der Waals surface area contributed by atoms with E-state index >= 15 is 0 Å². The average molecular weight is 500 g/mol. The number of halogens is 1. The van der Waals surface area contributed by atoms with Crippen molar-refractivity contribution < 1.29 is 9.18 Å². The largest absolute Gasteiger partial charge is 0.382 e. The van der Waals surface area contributed by atoms with Crippen LogP contribution in [-0.4, -0.2) is 35.3 Å². The molecule has 5 aromatic rings. The van der Waals surface area contributed by atoms with E-state index in [1.807, 2.05) is 50.5 Å². The summed E-state index contributed by atoms with van der Waals surface area (Å²) < 4.78 is 16.9. The summed E-state index contributed by atoms with van der Waals surface area (Å²) in [6, 6.07) is 14.5. The lowest BCUT2D eigenvalue weighted by Crippen LogP contribution is -2.21. The van der Waals surface area contributed by atoms with Crippen LogP contribution in [0.25, 0.3) is 22.5 Å². The topological polar surface area (TPSA) is 129 Å². The van der Waals surface area contributed by atoms with Crippen molar-refractivity contribution in [2.75, 3.05) is 16.4 Å². The summed E-state index contributed by atoms with van der Waals surface area (Å²) in [5.41, 5.74) is 9.63. The molecule has 0 saturated carbocycles. The smallest absolute Gasteiger partial charge is 0.324 e. The fourth-order valence-corrected chi connectivity index (χ4v) is 3.92. The van der Waals surface area contributed by atoms with Crippen LogP contribution in [0, 0.1) is 12.7 Å². The number of aryl methyl sites for hydroxylation is 1. The highest BCUT2D eigenvalue weighted by Gasteiger charge is 2.22. The molecule has 2 amide bonds. The number of amides is 2. The monoisotopic (exact) mass is 499 g/mol. The Morgan fingerprint density at radius 3 is 2.32 bits per heavy atom. The molecule has 10 nitrogen and oxygen atoms in total. The minimum atomic E-state index is -0.443. The van der Waals surface area contributed by atoms with Crippen molar-refractivity contribution >= 4 is 34.5 Å². The van der Waals surface area contributed by atoms with Crippen LogP contribution in [0.2, 0.25) is 0 Å². The number of carbonyl (C=O) groups excluding carboxylic acids is 1. The van der Waals surface area contributed by atoms with Gasteiger partial charge in [0.15, 0.2) is 17.0 Å². The minimum absolute atomic E-state index is 0.251. The number of nitrogens with zero attached hydrogens (tertiary/aromatic N) is 6. The molecule has 4 N–H and O–H groups in total. The summed E-state index contributed by atoms with van der Waals surface area (Å²) in [7, 11) is 0. The average Bonchev–Trinajstić information content (AvgIpc) is 3.42. The molecule has 2 aromatic carbocycles. The zero-order valence-electron chi connectivity index (χ0n) is 20.8. The van der Waals surface area contributed by atoms with E-state index in [4.69, 9.17) is 5.73 Å². The summed E-state index contributed by atoms with van der Waals surface area (Å²) in [6.45, 7) is 7.95. The third-order valence-corrected chi connectivity index (χ3v) is 5.81. The van der Waals surface area contributed by atoms with Crippen LogP contribution in [-0.2, 0) is 5.41 Å². The summed E-state index contributed by atoms with van der Waals surface area (Å²) >= 11 is 0. The first-order valence-electron chi connectivity index (χ1n) is 11.6. The Bertz CT molecular complexity index is 1600. The van der Waals surface area contributed by atoms with Gasteiger partial charge in [-0.3, -0.25) is 9.88 Å². The second-order valence-corrected chi connectivity index (χ2v) is 9.60. The number of hydrogen-bond acceptors (Lipinski definition) is 6. The summed E-state index contributed by atoms with van der Waals surface area (Å²) in [5, 5.41) is 10.3. The third-order valence-electron chi connectivity index (χ3n) is 5.81. The fourth-order valence-electron chi connectivity index (χ4n) is 3.92. The molecule has 11 heteroatoms. The van der Waals surface area contributed by atoms with E-state index in [1.54, 1.807) is 28.9 Å². The number of carbonyl (C=O) groups is 1. The molecule has 3 aromatic heterocycles. The summed E-state index contributed by atoms with van der Waals surface area (Å²) in [4.78, 5) is 25.7. The van der Waals surface area contributed by atoms with Crippen molar-refractivity contribution in [2.24, 2.45) is 0 Å². The lowest BCUT2D eigenvalue weighted by Gasteiger charge is -2.14. The SMILES string of the molecule is Cc1nc2c(N)ncnc2n1-c1ccc(NC(=O)Nc2cc(C(C)(C)C)nn2-c2ccc(F)cc2)cc1. The molecule has 0 unspecified atom stereocenters. The van der Waals surface area contributed by atoms with Gasteiger partial charge in [-0.2, -0.15) is 5.10 Å². The number of imidazole rings is 1. The number of anilines is 3. The van der Waals surface area contributed by atoms with E-state index in [0.717, 1.165) is 11.4 Å². The van der Waals surface area contributed by atoms with E-state index in [2.05, 4.69) is 30.7 Å². The van der Waals surface area contributed by atoms with Crippen LogP contribution in [0.15, 0.2) is 60.9 Å². The van der Waals surface area contributed by atoms with Gasteiger partial charge in [0.1, 0.15) is 23.8 Å². The maximum absolute atomic E-state index is 13.5. The summed E-state index contributed by atoms with van der Waals surface area (Å²) in [6.07, 6.45) is 1.40. The lowest BCUT2D eigenvalue weighted by atomic mass is 9.92. The molecule has 0 aliphatic heterocycles. The molecule has 3 heterocycles. The van der Waals surface area contributed by atoms with Crippen LogP contribution in [0.4, 0.5) is 26.5 Å². The molecule has 0 fully saturated rings. The van der Waals surface area contributed by atoms with Gasteiger partial charge in [0.25, 0.3) is 0 Å². The highest BCUT2D eigenvalue weighted by Crippen LogP contribution is 2.27. The van der Waals surface area contributed by atoms with Gasteiger partial charge < -0.3 is 11.1 Å². The van der Waals surface area contributed by atoms with Gasteiger partial charge in [0.2, 0.25) is 0 Å². The molecular formula is C26H26FN9O. The maximum Gasteiger partial charge on any atom is 0.324 e. The summed E-state index contributed by atoms with van der Waals surface area (Å²) in [5.74, 6) is 1.14. The Balaban J connectivity index is 1.37. The molecule has 0 aliphatic carbocycles. The Morgan fingerprint density at radius 1 is 0.973 bits per heavy atom. The number of aromatic nitrogens is 6. The van der Waals surface area contributed by atoms with Gasteiger partial charge in [-0.15, -0.1) is 0 Å². The number of urea groups is 1. The highest BCUT2D eigenvalue weighted by atomic mass is 19.1. The zero-order chi connectivity index (χ0) is 26.3. The Morgan fingerprint density at radius 2 is 1.65 bits per heavy atom. The number of fused-ring (bicyclic) bond motifs is 1. The number of nitrogens with one attached hydrogen (secondary N) is 2. The van der Waals surface area contributed by atoms with Gasteiger partial charge in [-0.1, -0.05) is 20.8 Å². The predicted molar refractivity (Wildman–Crippen MR) is 141 cm³/mol. The molecule has 188 valence electrons. The first-order chi connectivity index (χ1) is 17.6. The molecule has 0 radical (unpaired) electrons. The quantitative estimate of drug-likeness (QED) is 0.320. The Hall–Kier alpha value is -4.80. The van der Waals surface area contributed by atoms with Crippen molar-refractivity contribution in [3.63, 3.8) is 0 Å². The van der Waals surface area contributed by atoms with E-state index in [0.29, 0.717) is 40.0 Å². The van der Waals surface area contributed by atoms with Crippen molar-refractivity contribution in [3.05, 3.63) is 78.3 Å². The molecule has 37 heavy (non-hydrogen) atoms. The fraction of sp³-hybridized carbons (Fsp3) is 0.192. The number of benzene rings is 2. The first kappa shape index (κ1) is 23.9. The predicted octanol–water partition coefficient (Wildman–Crippen LogP) is 4.97. The van der Waals surface area contributed by atoms with Crippen LogP contribution in [0.5, 0.6) is 0 Å². The highest BCUT2D eigenvalue weighted by molar-refractivity contribution is 5.99. The molecule has 0 aliphatic rings. The second-order valence-electron chi connectivity index (χ2n) is 9.60. The van der Waals surface area contributed by atoms with E-state index < -0.39 is 6.03 Å². The molecule has 0 atom stereocenters. The molecule has 0 bridgehead atoms. The lowest BCUT2D eigenvalue weighted by molar-refractivity contribution is 0.262. The number of nitrogens with two attached hydrogens (primary N) is 1. The van der Waals surface area contributed by atoms with Gasteiger partial charge >= 0.3 is 6.03 Å². The van der Waals surface area contributed by atoms with Crippen molar-refractivity contribution in [3.8, 4) is 11.4 Å².